The zero-order chi connectivity index (χ0) is 14.8. The van der Waals surface area contributed by atoms with Gasteiger partial charge >= 0.3 is 0 Å². The molecule has 2 aromatic rings. The number of nitrogens with one attached hydrogen (secondary N) is 1. The van der Waals surface area contributed by atoms with E-state index in [-0.39, 0.29) is 16.7 Å². The molecule has 0 unspecified atom stereocenters. The van der Waals surface area contributed by atoms with Crippen LogP contribution in [0, 0.1) is 0 Å². The van der Waals surface area contributed by atoms with Crippen molar-refractivity contribution in [1.82, 2.24) is 4.72 Å². The first-order valence-electron chi connectivity index (χ1n) is 5.86. The number of hydrogen-bond donors (Lipinski definition) is 2. The van der Waals surface area contributed by atoms with Crippen LogP contribution in [0.3, 0.4) is 0 Å². The molecule has 0 aliphatic heterocycles. The summed E-state index contributed by atoms with van der Waals surface area (Å²) < 4.78 is 32.6. The summed E-state index contributed by atoms with van der Waals surface area (Å²) in [4.78, 5) is 0. The van der Waals surface area contributed by atoms with E-state index in [1.807, 2.05) is 0 Å². The van der Waals surface area contributed by atoms with Crippen molar-refractivity contribution in [2.24, 2.45) is 0 Å². The number of sulfonamides is 1. The average Bonchev–Trinajstić information content (AvgIpc) is 3.06. The van der Waals surface area contributed by atoms with E-state index >= 15 is 0 Å². The number of thiophene rings is 1. The van der Waals surface area contributed by atoms with Crippen LogP contribution in [0.5, 0.6) is 0 Å². The predicted molar refractivity (Wildman–Crippen MR) is 77.6 cm³/mol. The lowest BCUT2D eigenvalue weighted by atomic mass is 10.0. The lowest BCUT2D eigenvalue weighted by Crippen LogP contribution is -2.40. The van der Waals surface area contributed by atoms with E-state index in [0.717, 1.165) is 11.3 Å². The van der Waals surface area contributed by atoms with Crippen LogP contribution in [0.4, 0.5) is 0 Å². The molecular formula is C12H14ClNO4S2. The van der Waals surface area contributed by atoms with E-state index in [0.29, 0.717) is 10.1 Å². The van der Waals surface area contributed by atoms with Crippen LogP contribution < -0.4 is 4.72 Å². The van der Waals surface area contributed by atoms with Gasteiger partial charge in [0.1, 0.15) is 9.97 Å². The molecule has 2 atom stereocenters. The first-order valence-corrected chi connectivity index (χ1v) is 8.53. The first kappa shape index (κ1) is 15.5. The van der Waals surface area contributed by atoms with Gasteiger partial charge in [-0.15, -0.1) is 11.3 Å². The van der Waals surface area contributed by atoms with Gasteiger partial charge in [-0.1, -0.05) is 18.5 Å². The summed E-state index contributed by atoms with van der Waals surface area (Å²) in [6, 6.07) is 5.73. The zero-order valence-electron chi connectivity index (χ0n) is 10.6. The second-order valence-corrected chi connectivity index (χ2v) is 7.93. The summed E-state index contributed by atoms with van der Waals surface area (Å²) in [5.74, 6) is 0.316. The summed E-state index contributed by atoms with van der Waals surface area (Å²) in [5.41, 5.74) is 0. The molecule has 0 saturated carbocycles. The summed E-state index contributed by atoms with van der Waals surface area (Å²) in [7, 11) is -3.70. The van der Waals surface area contributed by atoms with Gasteiger partial charge in [0.2, 0.25) is 10.0 Å². The molecule has 0 radical (unpaired) electrons. The molecule has 2 aromatic heterocycles. The fourth-order valence-electron chi connectivity index (χ4n) is 1.75. The van der Waals surface area contributed by atoms with Gasteiger partial charge in [-0.3, -0.25) is 0 Å². The van der Waals surface area contributed by atoms with Crippen molar-refractivity contribution in [2.45, 2.75) is 23.1 Å². The van der Waals surface area contributed by atoms with Crippen LogP contribution >= 0.6 is 22.9 Å². The summed E-state index contributed by atoms with van der Waals surface area (Å²) in [6.45, 7) is 1.45. The van der Waals surface area contributed by atoms with Crippen molar-refractivity contribution in [2.75, 3.05) is 6.61 Å². The van der Waals surface area contributed by atoms with E-state index in [2.05, 4.69) is 4.72 Å². The highest BCUT2D eigenvalue weighted by molar-refractivity contribution is 7.91. The van der Waals surface area contributed by atoms with Crippen molar-refractivity contribution in [3.63, 3.8) is 0 Å². The molecule has 0 aliphatic carbocycles. The molecule has 0 saturated heterocycles. The minimum absolute atomic E-state index is 0.118. The summed E-state index contributed by atoms with van der Waals surface area (Å²) >= 11 is 6.71. The normalized spacial score (nSPS) is 15.2. The molecule has 20 heavy (non-hydrogen) atoms. The van der Waals surface area contributed by atoms with Gasteiger partial charge in [-0.25, -0.2) is 13.1 Å². The van der Waals surface area contributed by atoms with Crippen LogP contribution in [0.25, 0.3) is 0 Å². The fraction of sp³-hybridized carbons (Fsp3) is 0.333. The van der Waals surface area contributed by atoms with Crippen LogP contribution in [0.15, 0.2) is 39.2 Å². The zero-order valence-corrected chi connectivity index (χ0v) is 13.0. The molecular weight excluding hydrogens is 322 g/mol. The number of furan rings is 1. The van der Waals surface area contributed by atoms with Gasteiger partial charge in [0, 0.05) is 5.92 Å². The average molecular weight is 336 g/mol. The Labute approximate surface area is 126 Å². The van der Waals surface area contributed by atoms with Crippen molar-refractivity contribution in [1.29, 1.82) is 0 Å². The third-order valence-corrected chi connectivity index (χ3v) is 6.13. The van der Waals surface area contributed by atoms with Crippen LogP contribution in [0.2, 0.25) is 4.34 Å². The molecule has 0 aliphatic rings. The Morgan fingerprint density at radius 1 is 1.45 bits per heavy atom. The Kier molecular flexibility index (Phi) is 4.87. The standard InChI is InChI=1S/C12H14ClNO4S2/c1-8(10-3-2-6-18-10)9(7-15)14-20(16,17)12-5-4-11(13)19-12/h2-6,8-9,14-15H,7H2,1H3/t8-,9-/m1/s1. The molecule has 5 nitrogen and oxygen atoms in total. The highest BCUT2D eigenvalue weighted by atomic mass is 35.5. The van der Waals surface area contributed by atoms with E-state index in [4.69, 9.17) is 16.0 Å². The lowest BCUT2D eigenvalue weighted by molar-refractivity contribution is 0.234. The molecule has 2 N–H and O–H groups in total. The Hall–Kier alpha value is -0.860. The van der Waals surface area contributed by atoms with E-state index < -0.39 is 16.1 Å². The number of hydrogen-bond acceptors (Lipinski definition) is 5. The maximum Gasteiger partial charge on any atom is 0.250 e. The molecule has 0 aromatic carbocycles. The highest BCUT2D eigenvalue weighted by Crippen LogP contribution is 2.27. The Balaban J connectivity index is 2.18. The monoisotopic (exact) mass is 335 g/mol. The lowest BCUT2D eigenvalue weighted by Gasteiger charge is -2.21. The van der Waals surface area contributed by atoms with Gasteiger partial charge in [0.15, 0.2) is 0 Å². The first-order chi connectivity index (χ1) is 9.44. The topological polar surface area (TPSA) is 79.5 Å². The number of rotatable bonds is 6. The fourth-order valence-corrected chi connectivity index (χ4v) is 4.55. The molecule has 110 valence electrons. The molecule has 0 amide bonds. The van der Waals surface area contributed by atoms with Crippen LogP contribution in [-0.2, 0) is 10.0 Å². The Morgan fingerprint density at radius 3 is 2.70 bits per heavy atom. The molecule has 2 heterocycles. The van der Waals surface area contributed by atoms with Crippen molar-refractivity contribution < 1.29 is 17.9 Å². The molecule has 8 heteroatoms. The van der Waals surface area contributed by atoms with Crippen molar-refractivity contribution >= 4 is 33.0 Å². The molecule has 0 bridgehead atoms. The van der Waals surface area contributed by atoms with Gasteiger partial charge in [0.05, 0.1) is 23.2 Å². The van der Waals surface area contributed by atoms with Crippen LogP contribution in [-0.4, -0.2) is 26.2 Å². The molecule has 0 fully saturated rings. The predicted octanol–water partition coefficient (Wildman–Crippen LogP) is 2.44. The van der Waals surface area contributed by atoms with E-state index in [1.165, 1.54) is 18.4 Å². The van der Waals surface area contributed by atoms with Crippen molar-refractivity contribution in [3.8, 4) is 0 Å². The Bertz CT molecular complexity index is 651. The van der Waals surface area contributed by atoms with Gasteiger partial charge in [-0.05, 0) is 24.3 Å². The van der Waals surface area contributed by atoms with Crippen molar-refractivity contribution in [3.05, 3.63) is 40.6 Å². The second-order valence-electron chi connectivity index (χ2n) is 4.27. The smallest absolute Gasteiger partial charge is 0.250 e. The maximum atomic E-state index is 12.2. The molecule has 2 rings (SSSR count). The third-order valence-electron chi connectivity index (χ3n) is 2.91. The summed E-state index contributed by atoms with van der Waals surface area (Å²) in [6.07, 6.45) is 1.51. The minimum atomic E-state index is -3.70. The molecule has 0 spiro atoms. The van der Waals surface area contributed by atoms with E-state index in [1.54, 1.807) is 19.1 Å². The number of aliphatic hydroxyl groups is 1. The van der Waals surface area contributed by atoms with Crippen LogP contribution in [0.1, 0.15) is 18.6 Å². The third kappa shape index (κ3) is 3.42. The summed E-state index contributed by atoms with van der Waals surface area (Å²) in [5, 5.41) is 9.42. The van der Waals surface area contributed by atoms with E-state index in [9.17, 15) is 13.5 Å². The number of halogens is 1. The van der Waals surface area contributed by atoms with Gasteiger partial charge in [0.25, 0.3) is 0 Å². The van der Waals surface area contributed by atoms with Gasteiger partial charge < -0.3 is 9.52 Å². The Morgan fingerprint density at radius 2 is 2.20 bits per heavy atom. The maximum absolute atomic E-state index is 12.2. The largest absolute Gasteiger partial charge is 0.469 e. The number of aliphatic hydroxyl groups excluding tert-OH is 1. The minimum Gasteiger partial charge on any atom is -0.469 e. The second kappa shape index (κ2) is 6.28. The quantitative estimate of drug-likeness (QED) is 0.849. The van der Waals surface area contributed by atoms with Gasteiger partial charge in [-0.2, -0.15) is 0 Å². The highest BCUT2D eigenvalue weighted by Gasteiger charge is 2.27. The SMILES string of the molecule is C[C@@H](c1ccco1)[C@@H](CO)NS(=O)(=O)c1ccc(Cl)s1.